The van der Waals surface area contributed by atoms with Gasteiger partial charge in [-0.3, -0.25) is 14.4 Å². The van der Waals surface area contributed by atoms with Gasteiger partial charge in [-0.15, -0.1) is 11.3 Å². The third-order valence-electron chi connectivity index (χ3n) is 3.92. The number of benzene rings is 1. The third-order valence-corrected chi connectivity index (χ3v) is 5.04. The summed E-state index contributed by atoms with van der Waals surface area (Å²) in [4.78, 5) is 42.6. The van der Waals surface area contributed by atoms with Gasteiger partial charge in [0.05, 0.1) is 31.3 Å². The second kappa shape index (κ2) is 11.7. The normalized spacial score (nSPS) is 11.7. The standard InChI is InChI=1S/C20H25N5O4S/c1-3-29-19(27)10-16(17-8-7-13(2)30-17)25-18(26)11-22-20(28)14-5-4-6-15(9-14)23-12-24-21/h4-9,12,16H,3,10-11,21H2,1-2H3,(H,22,28)(H,23,24)(H,25,26). The van der Waals surface area contributed by atoms with Crippen LogP contribution in [0.3, 0.4) is 0 Å². The molecule has 0 aliphatic heterocycles. The Morgan fingerprint density at radius 2 is 2.07 bits per heavy atom. The van der Waals surface area contributed by atoms with Gasteiger partial charge in [0.1, 0.15) is 6.34 Å². The van der Waals surface area contributed by atoms with Crippen LogP contribution >= 0.6 is 11.3 Å². The molecule has 30 heavy (non-hydrogen) atoms. The second-order valence-corrected chi connectivity index (χ2v) is 7.56. The Bertz CT molecular complexity index is 912. The van der Waals surface area contributed by atoms with E-state index >= 15 is 0 Å². The van der Waals surface area contributed by atoms with E-state index in [1.807, 2.05) is 19.1 Å². The van der Waals surface area contributed by atoms with E-state index in [0.29, 0.717) is 11.3 Å². The summed E-state index contributed by atoms with van der Waals surface area (Å²) in [7, 11) is 0. The van der Waals surface area contributed by atoms with E-state index in [4.69, 9.17) is 10.6 Å². The predicted molar refractivity (Wildman–Crippen MR) is 115 cm³/mol. The number of ether oxygens (including phenoxy) is 1. The van der Waals surface area contributed by atoms with Gasteiger partial charge < -0.3 is 20.8 Å². The number of rotatable bonds is 10. The number of hydrogen-bond donors (Lipinski definition) is 4. The molecule has 10 heteroatoms. The zero-order valence-electron chi connectivity index (χ0n) is 16.8. The van der Waals surface area contributed by atoms with Crippen LogP contribution < -0.4 is 21.9 Å². The third kappa shape index (κ3) is 7.30. The summed E-state index contributed by atoms with van der Waals surface area (Å²) in [5, 5.41) is 5.36. The fraction of sp³-hybridized carbons (Fsp3) is 0.300. The van der Waals surface area contributed by atoms with Gasteiger partial charge in [0.25, 0.3) is 5.91 Å². The van der Waals surface area contributed by atoms with Crippen LogP contribution in [0.15, 0.2) is 41.4 Å². The molecule has 0 aliphatic rings. The first-order chi connectivity index (χ1) is 14.4. The fourth-order valence-corrected chi connectivity index (χ4v) is 3.53. The van der Waals surface area contributed by atoms with Crippen molar-refractivity contribution in [2.24, 2.45) is 10.8 Å². The number of carbonyl (C=O) groups excluding carboxylic acids is 3. The van der Waals surface area contributed by atoms with Gasteiger partial charge in [0.15, 0.2) is 0 Å². The molecule has 5 N–H and O–H groups in total. The lowest BCUT2D eigenvalue weighted by molar-refractivity contribution is -0.143. The lowest BCUT2D eigenvalue weighted by Gasteiger charge is -2.17. The molecule has 0 spiro atoms. The van der Waals surface area contributed by atoms with Crippen molar-refractivity contribution in [2.45, 2.75) is 26.3 Å². The van der Waals surface area contributed by atoms with Crippen molar-refractivity contribution in [1.82, 2.24) is 16.1 Å². The number of amides is 2. The Kier molecular flexibility index (Phi) is 8.98. The molecule has 1 unspecified atom stereocenters. The smallest absolute Gasteiger partial charge is 0.308 e. The predicted octanol–water partition coefficient (Wildman–Crippen LogP) is 1.72. The quantitative estimate of drug-likeness (QED) is 0.149. The molecule has 0 fully saturated rings. The zero-order valence-corrected chi connectivity index (χ0v) is 17.6. The molecule has 1 aromatic heterocycles. The minimum atomic E-state index is -0.520. The number of carbonyl (C=O) groups is 3. The van der Waals surface area contributed by atoms with Crippen LogP contribution in [-0.4, -0.2) is 37.3 Å². The van der Waals surface area contributed by atoms with Gasteiger partial charge in [0.2, 0.25) is 5.91 Å². The first kappa shape index (κ1) is 23.0. The summed E-state index contributed by atoms with van der Waals surface area (Å²) in [5.41, 5.74) is 3.17. The average molecular weight is 432 g/mol. The maximum Gasteiger partial charge on any atom is 0.308 e. The zero-order chi connectivity index (χ0) is 21.9. The average Bonchev–Trinajstić information content (AvgIpc) is 3.16. The van der Waals surface area contributed by atoms with E-state index in [2.05, 4.69) is 21.1 Å². The van der Waals surface area contributed by atoms with Crippen LogP contribution in [0.5, 0.6) is 0 Å². The Hall–Kier alpha value is -3.24. The SMILES string of the molecule is CCOC(=O)CC(NC(=O)CNC(=O)c1cccc(N=CNN)c1)c1ccc(C)s1. The van der Waals surface area contributed by atoms with Crippen molar-refractivity contribution in [3.05, 3.63) is 51.7 Å². The highest BCUT2D eigenvalue weighted by molar-refractivity contribution is 7.12. The summed E-state index contributed by atoms with van der Waals surface area (Å²) >= 11 is 1.49. The van der Waals surface area contributed by atoms with Crippen LogP contribution in [0.2, 0.25) is 0 Å². The molecule has 0 radical (unpaired) electrons. The molecule has 2 aromatic rings. The first-order valence-corrected chi connectivity index (χ1v) is 10.1. The maximum atomic E-state index is 12.4. The second-order valence-electron chi connectivity index (χ2n) is 6.24. The summed E-state index contributed by atoms with van der Waals surface area (Å²) < 4.78 is 5.00. The van der Waals surface area contributed by atoms with Crippen molar-refractivity contribution >= 4 is 41.1 Å². The Morgan fingerprint density at radius 3 is 2.73 bits per heavy atom. The number of aryl methyl sites for hydroxylation is 1. The van der Waals surface area contributed by atoms with Crippen LogP contribution in [0.4, 0.5) is 5.69 Å². The van der Waals surface area contributed by atoms with Crippen LogP contribution in [0.1, 0.15) is 39.5 Å². The number of thiophene rings is 1. The Morgan fingerprint density at radius 1 is 1.27 bits per heavy atom. The summed E-state index contributed by atoms with van der Waals surface area (Å²) in [6, 6.07) is 9.83. The van der Waals surface area contributed by atoms with Gasteiger partial charge in [-0.05, 0) is 44.2 Å². The molecule has 2 rings (SSSR count). The van der Waals surface area contributed by atoms with Crippen LogP contribution in [0, 0.1) is 6.92 Å². The molecule has 1 aromatic carbocycles. The number of nitrogens with two attached hydrogens (primary N) is 1. The minimum absolute atomic E-state index is 0.0166. The highest BCUT2D eigenvalue weighted by Crippen LogP contribution is 2.25. The molecule has 1 heterocycles. The maximum absolute atomic E-state index is 12.4. The van der Waals surface area contributed by atoms with Gasteiger partial charge >= 0.3 is 5.97 Å². The van der Waals surface area contributed by atoms with E-state index in [9.17, 15) is 14.4 Å². The van der Waals surface area contributed by atoms with E-state index in [0.717, 1.165) is 9.75 Å². The molecular formula is C20H25N5O4S. The number of aliphatic imine (C=N–C) groups is 1. The van der Waals surface area contributed by atoms with Gasteiger partial charge in [-0.1, -0.05) is 6.07 Å². The van der Waals surface area contributed by atoms with Gasteiger partial charge in [-0.25, -0.2) is 10.8 Å². The molecular weight excluding hydrogens is 406 g/mol. The van der Waals surface area contributed by atoms with Crippen LogP contribution in [0.25, 0.3) is 0 Å². The lowest BCUT2D eigenvalue weighted by Crippen LogP contribution is -2.39. The van der Waals surface area contributed by atoms with E-state index < -0.39 is 23.8 Å². The molecule has 0 saturated heterocycles. The van der Waals surface area contributed by atoms with Crippen LogP contribution in [-0.2, 0) is 14.3 Å². The highest BCUT2D eigenvalue weighted by atomic mass is 32.1. The lowest BCUT2D eigenvalue weighted by atomic mass is 10.1. The summed E-state index contributed by atoms with van der Waals surface area (Å²) in [5.74, 6) is 3.90. The fourth-order valence-electron chi connectivity index (χ4n) is 2.60. The molecule has 160 valence electrons. The van der Waals surface area contributed by atoms with Crippen molar-refractivity contribution in [3.8, 4) is 0 Å². The highest BCUT2D eigenvalue weighted by Gasteiger charge is 2.21. The van der Waals surface area contributed by atoms with Crippen molar-refractivity contribution in [2.75, 3.05) is 13.2 Å². The minimum Gasteiger partial charge on any atom is -0.466 e. The first-order valence-electron chi connectivity index (χ1n) is 9.31. The van der Waals surface area contributed by atoms with E-state index in [-0.39, 0.29) is 19.6 Å². The summed E-state index contributed by atoms with van der Waals surface area (Å²) in [6.07, 6.45) is 1.31. The summed E-state index contributed by atoms with van der Waals surface area (Å²) in [6.45, 7) is 3.70. The van der Waals surface area contributed by atoms with E-state index in [1.165, 1.54) is 17.7 Å². The Labute approximate surface area is 178 Å². The van der Waals surface area contributed by atoms with Gasteiger partial charge in [0, 0.05) is 15.3 Å². The largest absolute Gasteiger partial charge is 0.466 e. The number of esters is 1. The molecule has 0 saturated carbocycles. The molecule has 1 atom stereocenters. The number of hydrazine groups is 1. The van der Waals surface area contributed by atoms with E-state index in [1.54, 1.807) is 31.2 Å². The number of hydrogen-bond acceptors (Lipinski definition) is 7. The monoisotopic (exact) mass is 431 g/mol. The van der Waals surface area contributed by atoms with Gasteiger partial charge in [-0.2, -0.15) is 0 Å². The topological polar surface area (TPSA) is 135 Å². The number of nitrogens with zero attached hydrogens (tertiary/aromatic N) is 1. The molecule has 0 aliphatic carbocycles. The number of nitrogens with one attached hydrogen (secondary N) is 3. The van der Waals surface area contributed by atoms with Crippen molar-refractivity contribution in [1.29, 1.82) is 0 Å². The molecule has 9 nitrogen and oxygen atoms in total. The molecule has 2 amide bonds. The molecule has 0 bridgehead atoms. The van der Waals surface area contributed by atoms with Crippen molar-refractivity contribution in [3.63, 3.8) is 0 Å². The van der Waals surface area contributed by atoms with Crippen molar-refractivity contribution < 1.29 is 19.1 Å². The Balaban J connectivity index is 1.97.